The van der Waals surface area contributed by atoms with Gasteiger partial charge in [0.25, 0.3) is 0 Å². The lowest BCUT2D eigenvalue weighted by molar-refractivity contribution is 0.618. The number of halogens is 1. The van der Waals surface area contributed by atoms with Crippen molar-refractivity contribution in [2.45, 2.75) is 39.7 Å². The number of benzene rings is 2. The van der Waals surface area contributed by atoms with E-state index in [1.54, 1.807) is 13.0 Å². The second-order valence-electron chi connectivity index (χ2n) is 5.65. The fourth-order valence-corrected chi connectivity index (χ4v) is 2.24. The summed E-state index contributed by atoms with van der Waals surface area (Å²) in [5.41, 5.74) is 4.19. The fraction of sp³-hybridized carbons (Fsp3) is 0.333. The summed E-state index contributed by atoms with van der Waals surface area (Å²) in [7, 11) is 0. The Morgan fingerprint density at radius 1 is 0.900 bits per heavy atom. The molecule has 0 saturated carbocycles. The van der Waals surface area contributed by atoms with Crippen molar-refractivity contribution in [2.24, 2.45) is 0 Å². The van der Waals surface area contributed by atoms with Gasteiger partial charge in [-0.2, -0.15) is 0 Å². The third-order valence-corrected chi connectivity index (χ3v) is 3.64. The van der Waals surface area contributed by atoms with Gasteiger partial charge in [0.15, 0.2) is 0 Å². The number of hydrogen-bond acceptors (Lipinski definition) is 1. The lowest BCUT2D eigenvalue weighted by Gasteiger charge is -2.17. The first-order valence-corrected chi connectivity index (χ1v) is 7.10. The molecular formula is C18H22FN. The van der Waals surface area contributed by atoms with Gasteiger partial charge in [0.05, 0.1) is 0 Å². The highest BCUT2D eigenvalue weighted by atomic mass is 19.1. The number of rotatable bonds is 4. The van der Waals surface area contributed by atoms with Crippen LogP contribution < -0.4 is 5.32 Å². The van der Waals surface area contributed by atoms with Crippen LogP contribution >= 0.6 is 0 Å². The fourth-order valence-electron chi connectivity index (χ4n) is 2.24. The normalized spacial score (nSPS) is 12.5. The van der Waals surface area contributed by atoms with E-state index >= 15 is 0 Å². The van der Waals surface area contributed by atoms with Crippen molar-refractivity contribution in [3.8, 4) is 0 Å². The maximum absolute atomic E-state index is 13.3. The zero-order valence-corrected chi connectivity index (χ0v) is 12.6. The summed E-state index contributed by atoms with van der Waals surface area (Å²) in [6.45, 7) is 8.28. The molecule has 0 aliphatic carbocycles. The van der Waals surface area contributed by atoms with Gasteiger partial charge in [0.1, 0.15) is 5.82 Å². The van der Waals surface area contributed by atoms with Crippen LogP contribution in [-0.4, -0.2) is 0 Å². The van der Waals surface area contributed by atoms with Gasteiger partial charge >= 0.3 is 0 Å². The molecular weight excluding hydrogens is 249 g/mol. The van der Waals surface area contributed by atoms with Crippen LogP contribution in [0.2, 0.25) is 0 Å². The summed E-state index contributed by atoms with van der Waals surface area (Å²) < 4.78 is 13.3. The van der Waals surface area contributed by atoms with Crippen LogP contribution in [0.15, 0.2) is 42.5 Å². The Morgan fingerprint density at radius 3 is 2.05 bits per heavy atom. The second kappa shape index (κ2) is 6.08. The van der Waals surface area contributed by atoms with Gasteiger partial charge in [-0.05, 0) is 54.7 Å². The van der Waals surface area contributed by atoms with Crippen LogP contribution in [0.4, 0.5) is 10.1 Å². The number of anilines is 1. The SMILES string of the molecule is Cc1cc(NC(C)c2ccc(C(C)C)cc2)ccc1F. The van der Waals surface area contributed by atoms with E-state index < -0.39 is 0 Å². The first kappa shape index (κ1) is 14.6. The Hall–Kier alpha value is -1.83. The Kier molecular flexibility index (Phi) is 4.43. The zero-order valence-electron chi connectivity index (χ0n) is 12.6. The van der Waals surface area contributed by atoms with Gasteiger partial charge in [-0.3, -0.25) is 0 Å². The van der Waals surface area contributed by atoms with Crippen molar-refractivity contribution in [2.75, 3.05) is 5.32 Å². The molecule has 2 aromatic carbocycles. The predicted octanol–water partition coefficient (Wildman–Crippen LogP) is 5.43. The molecule has 0 spiro atoms. The molecule has 1 unspecified atom stereocenters. The van der Waals surface area contributed by atoms with Crippen LogP contribution in [0, 0.1) is 12.7 Å². The van der Waals surface area contributed by atoms with Gasteiger partial charge in [0, 0.05) is 11.7 Å². The predicted molar refractivity (Wildman–Crippen MR) is 83.7 cm³/mol. The largest absolute Gasteiger partial charge is 0.379 e. The van der Waals surface area contributed by atoms with E-state index in [4.69, 9.17) is 0 Å². The average molecular weight is 271 g/mol. The average Bonchev–Trinajstić information content (AvgIpc) is 2.43. The van der Waals surface area contributed by atoms with Crippen LogP contribution in [0.3, 0.4) is 0 Å². The van der Waals surface area contributed by atoms with Gasteiger partial charge in [-0.1, -0.05) is 38.1 Å². The summed E-state index contributed by atoms with van der Waals surface area (Å²) >= 11 is 0. The summed E-state index contributed by atoms with van der Waals surface area (Å²) in [5, 5.41) is 3.41. The van der Waals surface area contributed by atoms with Crippen LogP contribution in [0.1, 0.15) is 49.4 Å². The molecule has 0 heterocycles. The van der Waals surface area contributed by atoms with E-state index in [0.717, 1.165) is 5.69 Å². The highest BCUT2D eigenvalue weighted by Crippen LogP contribution is 2.23. The monoisotopic (exact) mass is 271 g/mol. The van der Waals surface area contributed by atoms with Crippen LogP contribution in [0.5, 0.6) is 0 Å². The molecule has 1 nitrogen and oxygen atoms in total. The molecule has 0 aliphatic heterocycles. The molecule has 2 aromatic rings. The number of nitrogens with one attached hydrogen (secondary N) is 1. The topological polar surface area (TPSA) is 12.0 Å². The minimum absolute atomic E-state index is 0.163. The molecule has 106 valence electrons. The van der Waals surface area contributed by atoms with Crippen molar-refractivity contribution in [3.05, 3.63) is 65.0 Å². The van der Waals surface area contributed by atoms with Crippen LogP contribution in [-0.2, 0) is 0 Å². The quantitative estimate of drug-likeness (QED) is 0.781. The summed E-state index contributed by atoms with van der Waals surface area (Å²) in [4.78, 5) is 0. The molecule has 0 radical (unpaired) electrons. The molecule has 2 heteroatoms. The Labute approximate surface area is 120 Å². The molecule has 0 fully saturated rings. The van der Waals surface area contributed by atoms with Crippen molar-refractivity contribution >= 4 is 5.69 Å². The van der Waals surface area contributed by atoms with Gasteiger partial charge < -0.3 is 5.32 Å². The van der Waals surface area contributed by atoms with Gasteiger partial charge in [-0.25, -0.2) is 4.39 Å². The van der Waals surface area contributed by atoms with E-state index in [1.807, 2.05) is 6.07 Å². The standard InChI is InChI=1S/C18H22FN/c1-12(2)15-5-7-16(8-6-15)14(4)20-17-9-10-18(19)13(3)11-17/h5-12,14,20H,1-4H3. The number of aryl methyl sites for hydroxylation is 1. The van der Waals surface area contributed by atoms with Crippen molar-refractivity contribution in [3.63, 3.8) is 0 Å². The number of hydrogen-bond donors (Lipinski definition) is 1. The molecule has 2 rings (SSSR count). The molecule has 1 atom stereocenters. The van der Waals surface area contributed by atoms with E-state index in [9.17, 15) is 4.39 Å². The van der Waals surface area contributed by atoms with E-state index in [-0.39, 0.29) is 11.9 Å². The summed E-state index contributed by atoms with van der Waals surface area (Å²) in [6, 6.07) is 14.0. The highest BCUT2D eigenvalue weighted by Gasteiger charge is 2.07. The lowest BCUT2D eigenvalue weighted by atomic mass is 9.99. The molecule has 1 N–H and O–H groups in total. The molecule has 20 heavy (non-hydrogen) atoms. The minimum atomic E-state index is -0.163. The Balaban J connectivity index is 2.10. The first-order valence-electron chi connectivity index (χ1n) is 7.10. The maximum atomic E-state index is 13.3. The van der Waals surface area contributed by atoms with Crippen LogP contribution in [0.25, 0.3) is 0 Å². The highest BCUT2D eigenvalue weighted by molar-refractivity contribution is 5.48. The minimum Gasteiger partial charge on any atom is -0.379 e. The van der Waals surface area contributed by atoms with E-state index in [0.29, 0.717) is 11.5 Å². The van der Waals surface area contributed by atoms with Crippen molar-refractivity contribution in [1.82, 2.24) is 0 Å². The van der Waals surface area contributed by atoms with Gasteiger partial charge in [0.2, 0.25) is 0 Å². The smallest absolute Gasteiger partial charge is 0.126 e. The van der Waals surface area contributed by atoms with E-state index in [1.165, 1.54) is 17.2 Å². The molecule has 0 bridgehead atoms. The van der Waals surface area contributed by atoms with Crippen molar-refractivity contribution in [1.29, 1.82) is 0 Å². The lowest BCUT2D eigenvalue weighted by Crippen LogP contribution is -2.07. The third-order valence-electron chi connectivity index (χ3n) is 3.64. The second-order valence-corrected chi connectivity index (χ2v) is 5.65. The zero-order chi connectivity index (χ0) is 14.7. The molecule has 0 amide bonds. The molecule has 0 saturated heterocycles. The first-order chi connectivity index (χ1) is 9.47. The van der Waals surface area contributed by atoms with Crippen molar-refractivity contribution < 1.29 is 4.39 Å². The van der Waals surface area contributed by atoms with E-state index in [2.05, 4.69) is 50.4 Å². The Bertz CT molecular complexity index is 572. The third kappa shape index (κ3) is 3.38. The van der Waals surface area contributed by atoms with Gasteiger partial charge in [-0.15, -0.1) is 0 Å². The maximum Gasteiger partial charge on any atom is 0.126 e. The summed E-state index contributed by atoms with van der Waals surface area (Å²) in [6.07, 6.45) is 0. The Morgan fingerprint density at radius 2 is 1.50 bits per heavy atom. The molecule has 0 aliphatic rings. The molecule has 0 aromatic heterocycles. The summed E-state index contributed by atoms with van der Waals surface area (Å²) in [5.74, 6) is 0.386.